The van der Waals surface area contributed by atoms with Gasteiger partial charge in [-0.2, -0.15) is 0 Å². The number of hydrogen-bond acceptors (Lipinski definition) is 9. The molecule has 3 aromatic rings. The van der Waals surface area contributed by atoms with Crippen LogP contribution in [0, 0.1) is 10.1 Å². The second kappa shape index (κ2) is 9.71. The van der Waals surface area contributed by atoms with E-state index in [9.17, 15) is 29.9 Å². The predicted octanol–water partition coefficient (Wildman–Crippen LogP) is 3.19. The number of nitrogens with one attached hydrogen (secondary N) is 1. The van der Waals surface area contributed by atoms with E-state index in [1.807, 2.05) is 0 Å². The number of aromatic nitrogens is 1. The molecule has 12 heteroatoms. The number of aromatic hydroxyl groups is 2. The van der Waals surface area contributed by atoms with Gasteiger partial charge in [-0.1, -0.05) is 5.16 Å². The number of carbonyl (C=O) groups is 2. The van der Waals surface area contributed by atoms with Crippen molar-refractivity contribution in [2.75, 3.05) is 13.1 Å². The average Bonchev–Trinajstić information content (AvgIpc) is 3.29. The molecule has 2 aromatic carbocycles. The summed E-state index contributed by atoms with van der Waals surface area (Å²) in [5.41, 5.74) is -0.126. The number of carbonyl (C=O) groups excluding carboxylic acids is 2. The molecule has 1 saturated heterocycles. The van der Waals surface area contributed by atoms with Crippen LogP contribution in [0.1, 0.15) is 30.3 Å². The zero-order chi connectivity index (χ0) is 25.1. The van der Waals surface area contributed by atoms with Gasteiger partial charge in [0, 0.05) is 56.4 Å². The fourth-order valence-electron chi connectivity index (χ4n) is 3.78. The van der Waals surface area contributed by atoms with Crippen molar-refractivity contribution in [3.05, 3.63) is 58.3 Å². The second-order valence-corrected chi connectivity index (χ2v) is 8.02. The van der Waals surface area contributed by atoms with Crippen molar-refractivity contribution in [2.45, 2.75) is 25.8 Å². The Morgan fingerprint density at radius 2 is 1.86 bits per heavy atom. The van der Waals surface area contributed by atoms with E-state index in [1.165, 1.54) is 43.3 Å². The number of phenols is 2. The summed E-state index contributed by atoms with van der Waals surface area (Å²) in [5.74, 6) is -0.962. The first-order chi connectivity index (χ1) is 16.7. The van der Waals surface area contributed by atoms with Crippen molar-refractivity contribution in [3.8, 4) is 34.3 Å². The zero-order valence-electron chi connectivity index (χ0n) is 18.6. The van der Waals surface area contributed by atoms with E-state index in [4.69, 9.17) is 9.26 Å². The minimum absolute atomic E-state index is 0.00336. The van der Waals surface area contributed by atoms with E-state index in [2.05, 4.69) is 10.5 Å². The van der Waals surface area contributed by atoms with E-state index in [0.29, 0.717) is 25.9 Å². The van der Waals surface area contributed by atoms with Gasteiger partial charge >= 0.3 is 0 Å². The van der Waals surface area contributed by atoms with E-state index in [0.717, 1.165) is 6.07 Å². The van der Waals surface area contributed by atoms with Crippen LogP contribution in [0.15, 0.2) is 47.0 Å². The maximum absolute atomic E-state index is 12.7. The van der Waals surface area contributed by atoms with Crippen molar-refractivity contribution >= 4 is 17.5 Å². The van der Waals surface area contributed by atoms with Crippen LogP contribution in [0.2, 0.25) is 0 Å². The molecule has 2 amide bonds. The first kappa shape index (κ1) is 23.5. The maximum atomic E-state index is 12.7. The molecule has 0 aliphatic carbocycles. The first-order valence-electron chi connectivity index (χ1n) is 10.7. The lowest BCUT2D eigenvalue weighted by Crippen LogP contribution is -2.46. The van der Waals surface area contributed by atoms with Gasteiger partial charge < -0.3 is 29.7 Å². The Kier molecular flexibility index (Phi) is 6.53. The van der Waals surface area contributed by atoms with Gasteiger partial charge in [-0.15, -0.1) is 0 Å². The standard InChI is InChI=1S/C23H22N4O8/c1-13(28)26-8-6-14(7-9-26)24-23(31)18-12-21(35-25-18)22-19(30)10-16(29)11-20(22)34-17-4-2-15(3-5-17)27(32)33/h2-5,10-12,14,29-30H,6-9H2,1H3,(H,24,31). The highest BCUT2D eigenvalue weighted by Gasteiger charge is 2.25. The van der Waals surface area contributed by atoms with Gasteiger partial charge in [-0.3, -0.25) is 19.7 Å². The zero-order valence-corrected chi connectivity index (χ0v) is 18.6. The van der Waals surface area contributed by atoms with Gasteiger partial charge in [0.1, 0.15) is 28.6 Å². The van der Waals surface area contributed by atoms with Crippen molar-refractivity contribution in [1.29, 1.82) is 0 Å². The molecule has 2 heterocycles. The lowest BCUT2D eigenvalue weighted by molar-refractivity contribution is -0.384. The molecule has 12 nitrogen and oxygen atoms in total. The highest BCUT2D eigenvalue weighted by atomic mass is 16.6. The number of nitro groups is 1. The molecule has 3 N–H and O–H groups in total. The van der Waals surface area contributed by atoms with E-state index in [1.54, 1.807) is 4.90 Å². The number of rotatable bonds is 6. The number of benzene rings is 2. The fourth-order valence-corrected chi connectivity index (χ4v) is 3.78. The minimum atomic E-state index is -0.552. The van der Waals surface area contributed by atoms with Gasteiger partial charge in [0.15, 0.2) is 11.5 Å². The first-order valence-corrected chi connectivity index (χ1v) is 10.7. The number of piperidine rings is 1. The molecular formula is C23H22N4O8. The summed E-state index contributed by atoms with van der Waals surface area (Å²) in [5, 5.41) is 37.9. The summed E-state index contributed by atoms with van der Waals surface area (Å²) in [6.07, 6.45) is 1.23. The van der Waals surface area contributed by atoms with Crippen LogP contribution in [0.25, 0.3) is 11.3 Å². The molecule has 0 unspecified atom stereocenters. The topological polar surface area (TPSA) is 168 Å². The Hall–Kier alpha value is -4.61. The summed E-state index contributed by atoms with van der Waals surface area (Å²) in [6, 6.07) is 8.71. The van der Waals surface area contributed by atoms with Crippen LogP contribution in [-0.4, -0.2) is 56.1 Å². The molecule has 4 rings (SSSR count). The normalized spacial score (nSPS) is 13.9. The lowest BCUT2D eigenvalue weighted by Gasteiger charge is -2.31. The highest BCUT2D eigenvalue weighted by molar-refractivity contribution is 5.93. The van der Waals surface area contributed by atoms with Crippen molar-refractivity contribution < 1.29 is 34.0 Å². The van der Waals surface area contributed by atoms with Crippen molar-refractivity contribution in [3.63, 3.8) is 0 Å². The van der Waals surface area contributed by atoms with E-state index >= 15 is 0 Å². The summed E-state index contributed by atoms with van der Waals surface area (Å²) in [6.45, 7) is 2.61. The summed E-state index contributed by atoms with van der Waals surface area (Å²) in [7, 11) is 0. The number of amides is 2. The molecule has 0 radical (unpaired) electrons. The number of ether oxygens (including phenoxy) is 1. The van der Waals surface area contributed by atoms with Crippen LogP contribution in [0.5, 0.6) is 23.0 Å². The molecule has 0 saturated carbocycles. The third-order valence-electron chi connectivity index (χ3n) is 5.61. The molecule has 0 atom stereocenters. The Morgan fingerprint density at radius 1 is 1.17 bits per heavy atom. The monoisotopic (exact) mass is 482 g/mol. The summed E-state index contributed by atoms with van der Waals surface area (Å²) < 4.78 is 11.0. The number of nitrogens with zero attached hydrogens (tertiary/aromatic N) is 3. The molecule has 35 heavy (non-hydrogen) atoms. The Balaban J connectivity index is 1.52. The Bertz CT molecular complexity index is 1260. The molecule has 1 aliphatic heterocycles. The van der Waals surface area contributed by atoms with Crippen LogP contribution in [0.4, 0.5) is 5.69 Å². The van der Waals surface area contributed by atoms with Gasteiger partial charge in [0.05, 0.1) is 4.92 Å². The van der Waals surface area contributed by atoms with Gasteiger partial charge in [-0.25, -0.2) is 0 Å². The number of likely N-dealkylation sites (tertiary alicyclic amines) is 1. The summed E-state index contributed by atoms with van der Waals surface area (Å²) in [4.78, 5) is 36.2. The van der Waals surface area contributed by atoms with E-state index in [-0.39, 0.29) is 57.7 Å². The average molecular weight is 482 g/mol. The minimum Gasteiger partial charge on any atom is -0.508 e. The molecule has 0 bridgehead atoms. The number of hydrogen-bond donors (Lipinski definition) is 3. The molecule has 1 aromatic heterocycles. The molecule has 1 aliphatic rings. The highest BCUT2D eigenvalue weighted by Crippen LogP contribution is 2.43. The smallest absolute Gasteiger partial charge is 0.273 e. The van der Waals surface area contributed by atoms with Gasteiger partial charge in [0.25, 0.3) is 11.6 Å². The molecule has 182 valence electrons. The number of nitro benzene ring substituents is 1. The quantitative estimate of drug-likeness (QED) is 0.353. The third kappa shape index (κ3) is 5.32. The van der Waals surface area contributed by atoms with Crippen LogP contribution in [0.3, 0.4) is 0 Å². The predicted molar refractivity (Wildman–Crippen MR) is 121 cm³/mol. The maximum Gasteiger partial charge on any atom is 0.273 e. The largest absolute Gasteiger partial charge is 0.508 e. The molecule has 0 spiro atoms. The lowest BCUT2D eigenvalue weighted by atomic mass is 10.0. The number of phenolic OH excluding ortho intramolecular Hbond substituents is 2. The van der Waals surface area contributed by atoms with Crippen LogP contribution >= 0.6 is 0 Å². The van der Waals surface area contributed by atoms with Gasteiger partial charge in [-0.05, 0) is 25.0 Å². The second-order valence-electron chi connectivity index (χ2n) is 8.02. The fraction of sp³-hybridized carbons (Fsp3) is 0.261. The Morgan fingerprint density at radius 3 is 2.49 bits per heavy atom. The Labute approximate surface area is 198 Å². The number of non-ortho nitro benzene ring substituents is 1. The van der Waals surface area contributed by atoms with Crippen molar-refractivity contribution in [1.82, 2.24) is 15.4 Å². The van der Waals surface area contributed by atoms with E-state index < -0.39 is 10.8 Å². The summed E-state index contributed by atoms with van der Waals surface area (Å²) >= 11 is 0. The van der Waals surface area contributed by atoms with Crippen LogP contribution < -0.4 is 10.1 Å². The SMILES string of the molecule is CC(=O)N1CCC(NC(=O)c2cc(-c3c(O)cc(O)cc3Oc3ccc([N+](=O)[O-])cc3)on2)CC1. The molecule has 1 fully saturated rings. The van der Waals surface area contributed by atoms with Crippen molar-refractivity contribution in [2.24, 2.45) is 0 Å². The van der Waals surface area contributed by atoms with Gasteiger partial charge in [0.2, 0.25) is 5.91 Å². The molecular weight excluding hydrogens is 460 g/mol. The van der Waals surface area contributed by atoms with Crippen LogP contribution in [-0.2, 0) is 4.79 Å². The third-order valence-corrected chi connectivity index (χ3v) is 5.61.